The van der Waals surface area contributed by atoms with Gasteiger partial charge in [0.05, 0.1) is 0 Å². The predicted molar refractivity (Wildman–Crippen MR) is 75.7 cm³/mol. The lowest BCUT2D eigenvalue weighted by atomic mass is 9.84. The van der Waals surface area contributed by atoms with Crippen LogP contribution in [0.3, 0.4) is 0 Å². The molecule has 3 atom stereocenters. The van der Waals surface area contributed by atoms with Gasteiger partial charge in [-0.25, -0.2) is 0 Å². The topological polar surface area (TPSA) is 49.6 Å². The molecule has 1 saturated carbocycles. The van der Waals surface area contributed by atoms with Crippen LogP contribution in [0.2, 0.25) is 0 Å². The third-order valence-corrected chi connectivity index (χ3v) is 5.34. The molecule has 3 aliphatic rings. The summed E-state index contributed by atoms with van der Waals surface area (Å²) >= 11 is 0. The first kappa shape index (κ1) is 13.4. The summed E-state index contributed by atoms with van der Waals surface area (Å²) in [6, 6.07) is 0.814. The Labute approximate surface area is 116 Å². The van der Waals surface area contributed by atoms with Crippen molar-refractivity contribution in [1.29, 1.82) is 0 Å². The van der Waals surface area contributed by atoms with E-state index >= 15 is 0 Å². The largest absolute Gasteiger partial charge is 0.342 e. The highest BCUT2D eigenvalue weighted by Crippen LogP contribution is 2.34. The number of hydrogen-bond donors (Lipinski definition) is 1. The summed E-state index contributed by atoms with van der Waals surface area (Å²) in [5.41, 5.74) is 6.08. The average Bonchev–Trinajstić information content (AvgIpc) is 3.23. The number of hydrogen-bond acceptors (Lipinski definition) is 3. The third kappa shape index (κ3) is 2.95. The molecule has 0 spiro atoms. The van der Waals surface area contributed by atoms with Crippen molar-refractivity contribution in [2.75, 3.05) is 26.7 Å². The maximum atomic E-state index is 12.3. The molecule has 0 radical (unpaired) electrons. The van der Waals surface area contributed by atoms with Crippen molar-refractivity contribution in [2.45, 2.75) is 50.6 Å². The lowest BCUT2D eigenvalue weighted by molar-refractivity contribution is -0.135. The number of nitrogens with zero attached hydrogens (tertiary/aromatic N) is 2. The van der Waals surface area contributed by atoms with E-state index in [1.54, 1.807) is 0 Å². The number of likely N-dealkylation sites (tertiary alicyclic amines) is 2. The van der Waals surface area contributed by atoms with Gasteiger partial charge in [-0.05, 0) is 57.5 Å². The monoisotopic (exact) mass is 265 g/mol. The molecule has 19 heavy (non-hydrogen) atoms. The Hall–Kier alpha value is -0.610. The maximum Gasteiger partial charge on any atom is 0.224 e. The molecule has 2 N–H and O–H groups in total. The molecule has 3 rings (SSSR count). The number of amides is 1. The summed E-state index contributed by atoms with van der Waals surface area (Å²) in [6.07, 6.45) is 6.73. The minimum Gasteiger partial charge on any atom is -0.342 e. The minimum atomic E-state index is 0.110. The minimum absolute atomic E-state index is 0.110. The molecule has 2 heterocycles. The average molecular weight is 265 g/mol. The van der Waals surface area contributed by atoms with E-state index < -0.39 is 0 Å². The number of carbonyl (C=O) groups is 1. The SMILES string of the molecule is CN1CCCC2CN(C(=O)CC(N)C3CC3)CCC21. The van der Waals surface area contributed by atoms with Gasteiger partial charge in [0.1, 0.15) is 0 Å². The third-order valence-electron chi connectivity index (χ3n) is 5.34. The van der Waals surface area contributed by atoms with Crippen LogP contribution < -0.4 is 5.73 Å². The quantitative estimate of drug-likeness (QED) is 0.830. The molecule has 1 aliphatic carbocycles. The molecule has 0 aromatic rings. The molecular weight excluding hydrogens is 238 g/mol. The summed E-state index contributed by atoms with van der Waals surface area (Å²) in [6.45, 7) is 3.12. The van der Waals surface area contributed by atoms with Gasteiger partial charge in [0.25, 0.3) is 0 Å². The summed E-state index contributed by atoms with van der Waals surface area (Å²) in [4.78, 5) is 16.9. The van der Waals surface area contributed by atoms with Crippen LogP contribution >= 0.6 is 0 Å². The van der Waals surface area contributed by atoms with Gasteiger partial charge >= 0.3 is 0 Å². The second kappa shape index (κ2) is 5.41. The van der Waals surface area contributed by atoms with Crippen LogP contribution in [-0.4, -0.2) is 54.5 Å². The van der Waals surface area contributed by atoms with Gasteiger partial charge in [0, 0.05) is 31.6 Å². The van der Waals surface area contributed by atoms with Gasteiger partial charge < -0.3 is 15.5 Å². The first-order chi connectivity index (χ1) is 9.15. The highest BCUT2D eigenvalue weighted by Gasteiger charge is 2.37. The number of rotatable bonds is 3. The molecule has 2 saturated heterocycles. The molecule has 4 heteroatoms. The van der Waals surface area contributed by atoms with Crippen molar-refractivity contribution in [3.05, 3.63) is 0 Å². The molecule has 0 bridgehead atoms. The van der Waals surface area contributed by atoms with Crippen molar-refractivity contribution < 1.29 is 4.79 Å². The lowest BCUT2D eigenvalue weighted by Crippen LogP contribution is -2.54. The first-order valence-corrected chi connectivity index (χ1v) is 7.88. The van der Waals surface area contributed by atoms with Crippen LogP contribution in [0.1, 0.15) is 38.5 Å². The maximum absolute atomic E-state index is 12.3. The zero-order valence-corrected chi connectivity index (χ0v) is 12.1. The Bertz CT molecular complexity index is 342. The highest BCUT2D eigenvalue weighted by atomic mass is 16.2. The van der Waals surface area contributed by atoms with Crippen molar-refractivity contribution >= 4 is 5.91 Å². The van der Waals surface area contributed by atoms with E-state index in [2.05, 4.69) is 16.8 Å². The normalized spacial score (nSPS) is 33.9. The second-order valence-electron chi connectivity index (χ2n) is 6.78. The van der Waals surface area contributed by atoms with Crippen LogP contribution in [0.4, 0.5) is 0 Å². The van der Waals surface area contributed by atoms with Gasteiger partial charge in [0.2, 0.25) is 5.91 Å². The molecule has 1 amide bonds. The number of fused-ring (bicyclic) bond motifs is 1. The Kier molecular flexibility index (Phi) is 3.81. The van der Waals surface area contributed by atoms with E-state index in [4.69, 9.17) is 5.73 Å². The smallest absolute Gasteiger partial charge is 0.224 e. The van der Waals surface area contributed by atoms with Crippen LogP contribution in [0, 0.1) is 11.8 Å². The number of carbonyl (C=O) groups excluding carboxylic acids is 1. The van der Waals surface area contributed by atoms with Crippen LogP contribution in [0.15, 0.2) is 0 Å². The summed E-state index contributed by atoms with van der Waals surface area (Å²) in [5, 5.41) is 0. The van der Waals surface area contributed by atoms with Gasteiger partial charge in [0.15, 0.2) is 0 Å². The Morgan fingerprint density at radius 1 is 1.26 bits per heavy atom. The van der Waals surface area contributed by atoms with Gasteiger partial charge in [-0.3, -0.25) is 4.79 Å². The van der Waals surface area contributed by atoms with Crippen LogP contribution in [-0.2, 0) is 4.79 Å². The Morgan fingerprint density at radius 3 is 2.79 bits per heavy atom. The standard InChI is InChI=1S/C15H27N3O/c1-17-7-2-3-12-10-18(8-6-14(12)17)15(19)9-13(16)11-4-5-11/h11-14H,2-10,16H2,1H3. The first-order valence-electron chi connectivity index (χ1n) is 7.88. The zero-order valence-electron chi connectivity index (χ0n) is 12.1. The molecule has 3 unspecified atom stereocenters. The molecule has 3 fully saturated rings. The highest BCUT2D eigenvalue weighted by molar-refractivity contribution is 5.77. The van der Waals surface area contributed by atoms with Crippen LogP contribution in [0.5, 0.6) is 0 Å². The van der Waals surface area contributed by atoms with E-state index in [1.165, 1.54) is 32.2 Å². The van der Waals surface area contributed by atoms with Gasteiger partial charge in [-0.15, -0.1) is 0 Å². The van der Waals surface area contributed by atoms with E-state index in [-0.39, 0.29) is 6.04 Å². The molecular formula is C15H27N3O. The molecule has 4 nitrogen and oxygen atoms in total. The predicted octanol–water partition coefficient (Wildman–Crippen LogP) is 1.06. The molecule has 108 valence electrons. The lowest BCUT2D eigenvalue weighted by Gasteiger charge is -2.46. The molecule has 0 aromatic heterocycles. The van der Waals surface area contributed by atoms with E-state index in [9.17, 15) is 4.79 Å². The fourth-order valence-corrected chi connectivity index (χ4v) is 3.90. The van der Waals surface area contributed by atoms with Crippen molar-refractivity contribution in [2.24, 2.45) is 17.6 Å². The summed E-state index contributed by atoms with van der Waals surface area (Å²) in [5.74, 6) is 1.61. The fourth-order valence-electron chi connectivity index (χ4n) is 3.90. The van der Waals surface area contributed by atoms with Gasteiger partial charge in [-0.1, -0.05) is 0 Å². The number of piperidine rings is 2. The van der Waals surface area contributed by atoms with E-state index in [1.807, 2.05) is 0 Å². The van der Waals surface area contributed by atoms with Crippen molar-refractivity contribution in [3.63, 3.8) is 0 Å². The Morgan fingerprint density at radius 2 is 2.05 bits per heavy atom. The molecule has 2 aliphatic heterocycles. The van der Waals surface area contributed by atoms with Gasteiger partial charge in [-0.2, -0.15) is 0 Å². The number of nitrogens with two attached hydrogens (primary N) is 1. The fraction of sp³-hybridized carbons (Fsp3) is 0.933. The summed E-state index contributed by atoms with van der Waals surface area (Å²) < 4.78 is 0. The van der Waals surface area contributed by atoms with Crippen molar-refractivity contribution in [1.82, 2.24) is 9.80 Å². The van der Waals surface area contributed by atoms with Crippen LogP contribution in [0.25, 0.3) is 0 Å². The Balaban J connectivity index is 1.53. The second-order valence-corrected chi connectivity index (χ2v) is 6.78. The summed E-state index contributed by atoms with van der Waals surface area (Å²) in [7, 11) is 2.23. The molecule has 0 aromatic carbocycles. The van der Waals surface area contributed by atoms with E-state index in [0.29, 0.717) is 30.2 Å². The van der Waals surface area contributed by atoms with E-state index in [0.717, 1.165) is 19.5 Å². The van der Waals surface area contributed by atoms with Crippen molar-refractivity contribution in [3.8, 4) is 0 Å². The zero-order chi connectivity index (χ0) is 13.4.